The van der Waals surface area contributed by atoms with Crippen molar-refractivity contribution in [2.24, 2.45) is 0 Å². The molecule has 12 heteroatoms. The normalized spacial score (nSPS) is 16.3. The van der Waals surface area contributed by atoms with E-state index >= 15 is 0 Å². The molecule has 2 aromatic rings. The number of esters is 1. The first kappa shape index (κ1) is 22.2. The van der Waals surface area contributed by atoms with Crippen molar-refractivity contribution < 1.29 is 23.9 Å². The van der Waals surface area contributed by atoms with Crippen LogP contribution in [0.5, 0.6) is 5.75 Å². The molecule has 1 saturated heterocycles. The molecular weight excluding hydrogens is 428 g/mol. The number of rotatable bonds is 9. The van der Waals surface area contributed by atoms with Crippen LogP contribution in [0.3, 0.4) is 0 Å². The molecule has 0 spiro atoms. The van der Waals surface area contributed by atoms with Gasteiger partial charge in [0.05, 0.1) is 20.1 Å². The number of allylic oxidation sites excluding steroid dienone is 1. The number of carbonyl (C=O) groups excluding carboxylic acids is 3. The maximum atomic E-state index is 12.7. The minimum atomic E-state index is -0.754. The monoisotopic (exact) mass is 448 g/mol. The Morgan fingerprint density at radius 3 is 2.65 bits per heavy atom. The van der Waals surface area contributed by atoms with Crippen LogP contribution in [0, 0.1) is 0 Å². The lowest BCUT2D eigenvalue weighted by atomic mass is 10.0. The first-order chi connectivity index (χ1) is 14.9. The molecule has 11 nitrogen and oxygen atoms in total. The molecule has 1 fully saturated rings. The van der Waals surface area contributed by atoms with Crippen LogP contribution >= 0.6 is 11.6 Å². The summed E-state index contributed by atoms with van der Waals surface area (Å²) in [5, 5.41) is 15.4. The molecule has 1 aliphatic heterocycles. The number of carbonyl (C=O) groups is 3. The van der Waals surface area contributed by atoms with E-state index in [-0.39, 0.29) is 37.0 Å². The van der Waals surface area contributed by atoms with E-state index in [0.29, 0.717) is 11.3 Å². The largest absolute Gasteiger partial charge is 0.497 e. The lowest BCUT2D eigenvalue weighted by Crippen LogP contribution is -2.64. The second kappa shape index (κ2) is 10.0. The Kier molecular flexibility index (Phi) is 7.19. The molecule has 0 bridgehead atoms. The van der Waals surface area contributed by atoms with Crippen molar-refractivity contribution in [1.29, 1.82) is 0 Å². The molecule has 1 aromatic heterocycles. The van der Waals surface area contributed by atoms with Gasteiger partial charge in [-0.1, -0.05) is 12.1 Å². The number of ether oxygens (including phenoxy) is 2. The van der Waals surface area contributed by atoms with Crippen LogP contribution in [0.15, 0.2) is 35.5 Å². The number of hydrogen-bond donors (Lipinski definition) is 2. The molecule has 2 amide bonds. The molecule has 0 saturated carbocycles. The van der Waals surface area contributed by atoms with E-state index in [1.165, 1.54) is 4.90 Å². The molecule has 31 heavy (non-hydrogen) atoms. The average Bonchev–Trinajstić information content (AvgIpc) is 3.29. The Labute approximate surface area is 182 Å². The van der Waals surface area contributed by atoms with E-state index in [9.17, 15) is 14.4 Å². The van der Waals surface area contributed by atoms with Crippen molar-refractivity contribution in [2.75, 3.05) is 19.5 Å². The number of benzene rings is 1. The van der Waals surface area contributed by atoms with Crippen molar-refractivity contribution in [2.45, 2.75) is 26.0 Å². The van der Waals surface area contributed by atoms with Crippen LogP contribution in [0.25, 0.3) is 0 Å². The molecule has 2 N–H and O–H groups in total. The molecule has 2 heterocycles. The Morgan fingerprint density at radius 2 is 2.06 bits per heavy atom. The summed E-state index contributed by atoms with van der Waals surface area (Å²) in [6.07, 6.45) is -0.0932. The van der Waals surface area contributed by atoms with Crippen molar-refractivity contribution in [3.8, 4) is 5.75 Å². The summed E-state index contributed by atoms with van der Waals surface area (Å²) in [5.74, 6) is -0.496. The number of hydrogen-bond acceptors (Lipinski definition) is 8. The quantitative estimate of drug-likeness (QED) is 0.242. The van der Waals surface area contributed by atoms with Crippen molar-refractivity contribution in [3.05, 3.63) is 46.9 Å². The number of tetrazole rings is 1. The highest BCUT2D eigenvalue weighted by Gasteiger charge is 2.42. The molecule has 1 aromatic carbocycles. The number of amides is 2. The van der Waals surface area contributed by atoms with Crippen LogP contribution in [0.1, 0.15) is 18.3 Å². The van der Waals surface area contributed by atoms with Crippen LogP contribution in [0.4, 0.5) is 0 Å². The molecule has 0 radical (unpaired) electrons. The summed E-state index contributed by atoms with van der Waals surface area (Å²) < 4.78 is 10.5. The molecule has 164 valence electrons. The number of β-lactam (4-membered cyclic amide) rings is 1. The fraction of sp³-hybridized carbons (Fsp3) is 0.368. The molecule has 1 atom stereocenters. The number of aromatic nitrogens is 4. The van der Waals surface area contributed by atoms with Crippen LogP contribution in [-0.4, -0.2) is 68.9 Å². The minimum absolute atomic E-state index is 0.0231. The van der Waals surface area contributed by atoms with E-state index in [1.807, 2.05) is 0 Å². The maximum absolute atomic E-state index is 12.7. The van der Waals surface area contributed by atoms with Gasteiger partial charge in [-0.25, -0.2) is 9.89 Å². The minimum Gasteiger partial charge on any atom is -0.497 e. The van der Waals surface area contributed by atoms with Crippen molar-refractivity contribution in [3.63, 3.8) is 0 Å². The van der Waals surface area contributed by atoms with Gasteiger partial charge in [0.2, 0.25) is 5.91 Å². The van der Waals surface area contributed by atoms with Crippen LogP contribution in [-0.2, 0) is 32.1 Å². The van der Waals surface area contributed by atoms with Gasteiger partial charge in [-0.05, 0) is 40.6 Å². The standard InChI is InChI=1S/C19H21ClN6O5/c1-11(8-20)17(19(29)31-10-12-3-5-13(30-2)6-4-12)26-9-14(18(26)28)21-16(27)7-15-22-24-25-23-15/h3-6,14H,7-10H2,1-2H3,(H,21,27)(H,22,23,24,25)/b17-11-. The number of methoxy groups -OCH3 is 1. The van der Waals surface area contributed by atoms with Gasteiger partial charge in [-0.2, -0.15) is 0 Å². The smallest absolute Gasteiger partial charge is 0.355 e. The Morgan fingerprint density at radius 1 is 1.32 bits per heavy atom. The maximum Gasteiger partial charge on any atom is 0.355 e. The summed E-state index contributed by atoms with van der Waals surface area (Å²) in [4.78, 5) is 38.6. The lowest BCUT2D eigenvalue weighted by Gasteiger charge is -2.39. The van der Waals surface area contributed by atoms with Crippen molar-refractivity contribution >= 4 is 29.4 Å². The first-order valence-electron chi connectivity index (χ1n) is 9.32. The van der Waals surface area contributed by atoms with Crippen molar-refractivity contribution in [1.82, 2.24) is 30.8 Å². The van der Waals surface area contributed by atoms with Gasteiger partial charge in [0.25, 0.3) is 5.91 Å². The van der Waals surface area contributed by atoms with Crippen LogP contribution in [0.2, 0.25) is 0 Å². The van der Waals surface area contributed by atoms with E-state index in [0.717, 1.165) is 5.56 Å². The summed E-state index contributed by atoms with van der Waals surface area (Å²) in [6, 6.07) is 6.30. The van der Waals surface area contributed by atoms with E-state index in [1.54, 1.807) is 38.3 Å². The third-order valence-corrected chi connectivity index (χ3v) is 4.98. The summed E-state index contributed by atoms with van der Waals surface area (Å²) in [7, 11) is 1.56. The highest BCUT2D eigenvalue weighted by atomic mass is 35.5. The summed E-state index contributed by atoms with van der Waals surface area (Å²) in [6.45, 7) is 1.79. The lowest BCUT2D eigenvalue weighted by molar-refractivity contribution is -0.151. The number of nitrogens with one attached hydrogen (secondary N) is 2. The number of H-pyrrole nitrogens is 1. The number of aromatic amines is 1. The predicted molar refractivity (Wildman–Crippen MR) is 108 cm³/mol. The third-order valence-electron chi connectivity index (χ3n) is 4.58. The van der Waals surface area contributed by atoms with Crippen LogP contribution < -0.4 is 10.1 Å². The summed E-state index contributed by atoms with van der Waals surface area (Å²) in [5.41, 5.74) is 1.34. The number of likely N-dealkylation sites (tertiary alicyclic amines) is 1. The number of nitrogens with zero attached hydrogens (tertiary/aromatic N) is 4. The second-order valence-corrected chi connectivity index (χ2v) is 7.05. The van der Waals surface area contributed by atoms with Gasteiger partial charge >= 0.3 is 5.97 Å². The molecule has 3 rings (SSSR count). The molecule has 1 aliphatic rings. The number of alkyl halides is 1. The number of halogens is 1. The molecule has 0 aliphatic carbocycles. The zero-order valence-corrected chi connectivity index (χ0v) is 17.7. The van der Waals surface area contributed by atoms with Gasteiger partial charge in [0, 0.05) is 5.88 Å². The fourth-order valence-electron chi connectivity index (χ4n) is 2.90. The average molecular weight is 449 g/mol. The van der Waals surface area contributed by atoms with Gasteiger partial charge < -0.3 is 19.7 Å². The van der Waals surface area contributed by atoms with Gasteiger partial charge in [0.15, 0.2) is 5.82 Å². The Bertz CT molecular complexity index is 976. The highest BCUT2D eigenvalue weighted by Crippen LogP contribution is 2.23. The van der Waals surface area contributed by atoms with E-state index in [4.69, 9.17) is 21.1 Å². The van der Waals surface area contributed by atoms with Gasteiger partial charge in [-0.15, -0.1) is 16.7 Å². The zero-order valence-electron chi connectivity index (χ0n) is 16.9. The highest BCUT2D eigenvalue weighted by molar-refractivity contribution is 6.20. The zero-order chi connectivity index (χ0) is 22.4. The Balaban J connectivity index is 1.58. The second-order valence-electron chi connectivity index (χ2n) is 6.78. The summed E-state index contributed by atoms with van der Waals surface area (Å²) >= 11 is 5.90. The SMILES string of the molecule is COc1ccc(COC(=O)/C(=C(\C)CCl)N2CC(NC(=O)Cc3nnn[nH]3)C2=O)cc1. The van der Waals surface area contributed by atoms with E-state index < -0.39 is 23.8 Å². The first-order valence-corrected chi connectivity index (χ1v) is 9.85. The van der Waals surface area contributed by atoms with Gasteiger partial charge in [0.1, 0.15) is 24.1 Å². The van der Waals surface area contributed by atoms with Gasteiger partial charge in [-0.3, -0.25) is 9.59 Å². The molecule has 1 unspecified atom stereocenters. The fourth-order valence-corrected chi connectivity index (χ4v) is 3.03. The third kappa shape index (κ3) is 5.37. The van der Waals surface area contributed by atoms with E-state index in [2.05, 4.69) is 25.9 Å². The Hall–Kier alpha value is -3.47. The topological polar surface area (TPSA) is 139 Å². The predicted octanol–water partition coefficient (Wildman–Crippen LogP) is 0.334. The molecular formula is C19H21ClN6O5.